The highest BCUT2D eigenvalue weighted by Crippen LogP contribution is 2.30. The van der Waals surface area contributed by atoms with Gasteiger partial charge in [0, 0.05) is 31.9 Å². The molecule has 1 amide bonds. The van der Waals surface area contributed by atoms with E-state index in [1.807, 2.05) is 26.2 Å². The fourth-order valence-electron chi connectivity index (χ4n) is 1.96. The molecule has 0 aliphatic carbocycles. The van der Waals surface area contributed by atoms with Crippen LogP contribution in [0.3, 0.4) is 0 Å². The number of aryl methyl sites for hydroxylation is 1. The van der Waals surface area contributed by atoms with E-state index in [0.717, 1.165) is 17.8 Å². The largest absolute Gasteiger partial charge is 0.366 e. The molecule has 0 radical (unpaired) electrons. The van der Waals surface area contributed by atoms with Crippen molar-refractivity contribution in [2.45, 2.75) is 12.8 Å². The maximum atomic E-state index is 11.5. The summed E-state index contributed by atoms with van der Waals surface area (Å²) in [5, 5.41) is 0. The fraction of sp³-hybridized carbons (Fsp3) is 0.417. The Kier molecular flexibility index (Phi) is 3.10. The number of hydrogen-bond acceptors (Lipinski definition) is 3. The number of anilines is 2. The van der Waals surface area contributed by atoms with Gasteiger partial charge in [-0.3, -0.25) is 4.79 Å². The molecule has 0 N–H and O–H groups in total. The van der Waals surface area contributed by atoms with E-state index in [-0.39, 0.29) is 5.91 Å². The third kappa shape index (κ3) is 1.89. The first-order chi connectivity index (χ1) is 7.63. The molecule has 1 heterocycles. The zero-order valence-corrected chi connectivity index (χ0v) is 10.5. The van der Waals surface area contributed by atoms with Gasteiger partial charge in [0.2, 0.25) is 5.91 Å². The average molecular weight is 236 g/mol. The van der Waals surface area contributed by atoms with E-state index in [0.29, 0.717) is 12.3 Å². The van der Waals surface area contributed by atoms with E-state index in [4.69, 9.17) is 0 Å². The Morgan fingerprint density at radius 2 is 2.19 bits per heavy atom. The lowest BCUT2D eigenvalue weighted by Gasteiger charge is -2.27. The minimum absolute atomic E-state index is 0.197. The molecule has 0 fully saturated rings. The minimum Gasteiger partial charge on any atom is -0.366 e. The van der Waals surface area contributed by atoms with Crippen LogP contribution in [0.15, 0.2) is 18.2 Å². The predicted octanol–water partition coefficient (Wildman–Crippen LogP) is 1.92. The summed E-state index contributed by atoms with van der Waals surface area (Å²) in [5.41, 5.74) is 3.43. The summed E-state index contributed by atoms with van der Waals surface area (Å²) < 4.78 is 0. The zero-order chi connectivity index (χ0) is 11.7. The molecular weight excluding hydrogens is 220 g/mol. The molecule has 16 heavy (non-hydrogen) atoms. The Morgan fingerprint density at radius 1 is 1.44 bits per heavy atom. The average Bonchev–Trinajstić information content (AvgIpc) is 2.32. The monoisotopic (exact) mass is 236 g/mol. The molecule has 0 aromatic heterocycles. The summed E-state index contributed by atoms with van der Waals surface area (Å²) >= 11 is 4.25. The molecule has 1 aromatic rings. The predicted molar refractivity (Wildman–Crippen MR) is 70.4 cm³/mol. The van der Waals surface area contributed by atoms with E-state index in [2.05, 4.69) is 23.6 Å². The van der Waals surface area contributed by atoms with Crippen LogP contribution in [0.1, 0.15) is 12.0 Å². The van der Waals surface area contributed by atoms with Crippen molar-refractivity contribution in [2.24, 2.45) is 0 Å². The molecule has 3 nitrogen and oxygen atoms in total. The summed E-state index contributed by atoms with van der Waals surface area (Å²) in [6.07, 6.45) is 1.45. The summed E-state index contributed by atoms with van der Waals surface area (Å²) in [5.74, 6) is 0.885. The van der Waals surface area contributed by atoms with Gasteiger partial charge in [0.25, 0.3) is 0 Å². The van der Waals surface area contributed by atoms with E-state index in [1.54, 1.807) is 4.90 Å². The fourth-order valence-corrected chi connectivity index (χ4v) is 2.13. The normalized spacial score (nSPS) is 14.9. The van der Waals surface area contributed by atoms with Crippen LogP contribution in [0, 0.1) is 0 Å². The summed E-state index contributed by atoms with van der Waals surface area (Å²) in [6.45, 7) is 0. The van der Waals surface area contributed by atoms with Crippen molar-refractivity contribution in [2.75, 3.05) is 29.8 Å². The van der Waals surface area contributed by atoms with Gasteiger partial charge in [-0.15, -0.1) is 0 Å². The van der Waals surface area contributed by atoms with Gasteiger partial charge in [-0.2, -0.15) is 12.6 Å². The molecule has 86 valence electrons. The maximum absolute atomic E-state index is 11.5. The molecule has 0 saturated heterocycles. The standard InChI is InChI=1S/C12H16N2OS/c1-13(8-16)10-4-5-11-9(7-10)3-6-12(15)14(11)2/h4-5,7,16H,3,6,8H2,1-2H3. The van der Waals surface area contributed by atoms with Crippen LogP contribution in [0.4, 0.5) is 11.4 Å². The molecule has 2 rings (SSSR count). The molecule has 0 atom stereocenters. The van der Waals surface area contributed by atoms with Crippen molar-refractivity contribution in [3.63, 3.8) is 0 Å². The Labute approximate surface area is 101 Å². The van der Waals surface area contributed by atoms with E-state index in [1.165, 1.54) is 5.56 Å². The van der Waals surface area contributed by atoms with Crippen LogP contribution in [0.5, 0.6) is 0 Å². The summed E-state index contributed by atoms with van der Waals surface area (Å²) in [7, 11) is 3.84. The first kappa shape index (κ1) is 11.3. The lowest BCUT2D eigenvalue weighted by Crippen LogP contribution is -2.31. The van der Waals surface area contributed by atoms with Gasteiger partial charge in [-0.05, 0) is 30.2 Å². The Morgan fingerprint density at radius 3 is 2.88 bits per heavy atom. The number of nitrogens with zero attached hydrogens (tertiary/aromatic N) is 2. The molecule has 0 saturated carbocycles. The van der Waals surface area contributed by atoms with Gasteiger partial charge in [0.15, 0.2) is 0 Å². The first-order valence-corrected chi connectivity index (χ1v) is 5.98. The third-order valence-corrected chi connectivity index (χ3v) is 3.48. The van der Waals surface area contributed by atoms with Crippen LogP contribution < -0.4 is 9.80 Å². The number of amides is 1. The van der Waals surface area contributed by atoms with Gasteiger partial charge < -0.3 is 9.80 Å². The van der Waals surface area contributed by atoms with E-state index >= 15 is 0 Å². The Bertz CT molecular complexity index is 419. The smallest absolute Gasteiger partial charge is 0.227 e. The zero-order valence-electron chi connectivity index (χ0n) is 9.60. The summed E-state index contributed by atoms with van der Waals surface area (Å²) in [6, 6.07) is 6.19. The van der Waals surface area contributed by atoms with Gasteiger partial charge >= 0.3 is 0 Å². The third-order valence-electron chi connectivity index (χ3n) is 3.06. The highest BCUT2D eigenvalue weighted by molar-refractivity contribution is 7.80. The minimum atomic E-state index is 0.197. The van der Waals surface area contributed by atoms with Crippen molar-refractivity contribution in [3.8, 4) is 0 Å². The highest BCUT2D eigenvalue weighted by atomic mass is 32.1. The lowest BCUT2D eigenvalue weighted by molar-refractivity contribution is -0.118. The second-order valence-corrected chi connectivity index (χ2v) is 4.39. The number of carbonyl (C=O) groups excluding carboxylic acids is 1. The SMILES string of the molecule is CN(CS)c1ccc2c(c1)CCC(=O)N2C. The van der Waals surface area contributed by atoms with Crippen LogP contribution in [-0.2, 0) is 11.2 Å². The second kappa shape index (κ2) is 4.37. The number of thiol groups is 1. The number of benzene rings is 1. The molecule has 1 aliphatic heterocycles. The van der Waals surface area contributed by atoms with Crippen LogP contribution in [0.25, 0.3) is 0 Å². The molecule has 1 aliphatic rings. The molecule has 0 bridgehead atoms. The van der Waals surface area contributed by atoms with Gasteiger partial charge in [-0.1, -0.05) is 0 Å². The number of carbonyl (C=O) groups is 1. The van der Waals surface area contributed by atoms with Crippen LogP contribution in [-0.4, -0.2) is 25.9 Å². The van der Waals surface area contributed by atoms with Crippen molar-refractivity contribution in [1.82, 2.24) is 0 Å². The van der Waals surface area contributed by atoms with Crippen LogP contribution >= 0.6 is 12.6 Å². The van der Waals surface area contributed by atoms with Crippen molar-refractivity contribution >= 4 is 29.9 Å². The number of rotatable bonds is 2. The quantitative estimate of drug-likeness (QED) is 0.626. The molecular formula is C12H16N2OS. The van der Waals surface area contributed by atoms with Crippen LogP contribution in [0.2, 0.25) is 0 Å². The number of fused-ring (bicyclic) bond motifs is 1. The maximum Gasteiger partial charge on any atom is 0.227 e. The van der Waals surface area contributed by atoms with Gasteiger partial charge in [0.05, 0.1) is 5.88 Å². The van der Waals surface area contributed by atoms with Crippen molar-refractivity contribution in [3.05, 3.63) is 23.8 Å². The molecule has 4 heteroatoms. The topological polar surface area (TPSA) is 23.6 Å². The first-order valence-electron chi connectivity index (χ1n) is 5.35. The van der Waals surface area contributed by atoms with E-state index in [9.17, 15) is 4.79 Å². The lowest BCUT2D eigenvalue weighted by atomic mass is 10.0. The molecule has 0 spiro atoms. The highest BCUT2D eigenvalue weighted by Gasteiger charge is 2.20. The second-order valence-electron chi connectivity index (χ2n) is 4.11. The van der Waals surface area contributed by atoms with E-state index < -0.39 is 0 Å². The molecule has 0 unspecified atom stereocenters. The summed E-state index contributed by atoms with van der Waals surface area (Å²) in [4.78, 5) is 15.3. The van der Waals surface area contributed by atoms with Crippen molar-refractivity contribution < 1.29 is 4.79 Å². The van der Waals surface area contributed by atoms with Gasteiger partial charge in [0.1, 0.15) is 0 Å². The van der Waals surface area contributed by atoms with Crippen molar-refractivity contribution in [1.29, 1.82) is 0 Å². The van der Waals surface area contributed by atoms with Gasteiger partial charge in [-0.25, -0.2) is 0 Å². The molecule has 1 aromatic carbocycles. The number of hydrogen-bond donors (Lipinski definition) is 1. The Hall–Kier alpha value is -1.16. The Balaban J connectivity index is 2.37.